The molecule has 0 N–H and O–H groups in total. The molecule has 3 heterocycles. The number of halogens is 3. The molecule has 0 unspecified atom stereocenters. The standard InChI is InChI=1S/C15H19F3N4/c1-10(2)21-6-3-11(4-7-21)12-9-13(15(16,17)18)20-14-19-5-8-22(12)14/h5,8-11H,3-4,6-7H2,1-2H3. The number of fused-ring (bicyclic) bond motifs is 1. The third-order valence-electron chi connectivity index (χ3n) is 4.37. The number of alkyl halides is 3. The highest BCUT2D eigenvalue weighted by Crippen LogP contribution is 2.33. The van der Waals surface area contributed by atoms with Crippen LogP contribution in [0.1, 0.15) is 44.0 Å². The second kappa shape index (κ2) is 5.53. The maximum Gasteiger partial charge on any atom is 0.433 e. The molecule has 0 aromatic carbocycles. The molecule has 0 amide bonds. The Balaban J connectivity index is 1.95. The fraction of sp³-hybridized carbons (Fsp3) is 0.600. The predicted molar refractivity (Wildman–Crippen MR) is 76.7 cm³/mol. The van der Waals surface area contributed by atoms with Gasteiger partial charge in [-0.2, -0.15) is 13.2 Å². The van der Waals surface area contributed by atoms with Crippen molar-refractivity contribution >= 4 is 5.78 Å². The van der Waals surface area contributed by atoms with Crippen molar-refractivity contribution in [3.05, 3.63) is 29.8 Å². The molecule has 7 heteroatoms. The van der Waals surface area contributed by atoms with Gasteiger partial charge < -0.3 is 4.90 Å². The van der Waals surface area contributed by atoms with Gasteiger partial charge in [0.05, 0.1) is 0 Å². The Morgan fingerprint density at radius 2 is 1.91 bits per heavy atom. The Morgan fingerprint density at radius 3 is 2.50 bits per heavy atom. The first-order chi connectivity index (χ1) is 10.4. The Bertz CT molecular complexity index is 654. The van der Waals surface area contributed by atoms with Gasteiger partial charge in [-0.3, -0.25) is 4.40 Å². The first-order valence-electron chi connectivity index (χ1n) is 7.51. The summed E-state index contributed by atoms with van der Waals surface area (Å²) in [6.45, 7) is 6.09. The molecule has 4 nitrogen and oxygen atoms in total. The Labute approximate surface area is 127 Å². The van der Waals surface area contributed by atoms with Crippen molar-refractivity contribution in [2.24, 2.45) is 0 Å². The number of aromatic nitrogens is 3. The number of hydrogen-bond acceptors (Lipinski definition) is 3. The van der Waals surface area contributed by atoms with Crippen molar-refractivity contribution in [1.29, 1.82) is 0 Å². The maximum atomic E-state index is 13.0. The SMILES string of the molecule is CC(C)N1CCC(c2cc(C(F)(F)F)nc3nccn23)CC1. The lowest BCUT2D eigenvalue weighted by Crippen LogP contribution is -2.38. The van der Waals surface area contributed by atoms with Crippen LogP contribution in [-0.2, 0) is 6.18 Å². The molecule has 0 spiro atoms. The monoisotopic (exact) mass is 312 g/mol. The zero-order chi connectivity index (χ0) is 15.9. The van der Waals surface area contributed by atoms with Crippen molar-refractivity contribution in [2.75, 3.05) is 13.1 Å². The average Bonchev–Trinajstić information content (AvgIpc) is 2.93. The van der Waals surface area contributed by atoms with E-state index < -0.39 is 11.9 Å². The summed E-state index contributed by atoms with van der Waals surface area (Å²) >= 11 is 0. The van der Waals surface area contributed by atoms with Crippen LogP contribution in [-0.4, -0.2) is 38.4 Å². The summed E-state index contributed by atoms with van der Waals surface area (Å²) in [5.41, 5.74) is -0.189. The minimum absolute atomic E-state index is 0.107. The minimum Gasteiger partial charge on any atom is -0.301 e. The van der Waals surface area contributed by atoms with Crippen LogP contribution < -0.4 is 0 Å². The van der Waals surface area contributed by atoms with Crippen LogP contribution >= 0.6 is 0 Å². The molecule has 2 aromatic heterocycles. The van der Waals surface area contributed by atoms with E-state index in [4.69, 9.17) is 0 Å². The third-order valence-corrected chi connectivity index (χ3v) is 4.37. The van der Waals surface area contributed by atoms with E-state index in [0.29, 0.717) is 11.7 Å². The van der Waals surface area contributed by atoms with Crippen LogP contribution in [0.25, 0.3) is 5.78 Å². The third kappa shape index (κ3) is 2.82. The Hall–Kier alpha value is -1.63. The van der Waals surface area contributed by atoms with E-state index >= 15 is 0 Å². The fourth-order valence-electron chi connectivity index (χ4n) is 3.10. The lowest BCUT2D eigenvalue weighted by molar-refractivity contribution is -0.141. The summed E-state index contributed by atoms with van der Waals surface area (Å²) < 4.78 is 40.8. The van der Waals surface area contributed by atoms with E-state index in [-0.39, 0.29) is 11.7 Å². The quantitative estimate of drug-likeness (QED) is 0.853. The highest BCUT2D eigenvalue weighted by atomic mass is 19.4. The normalized spacial score (nSPS) is 18.5. The van der Waals surface area contributed by atoms with Gasteiger partial charge >= 0.3 is 6.18 Å². The molecule has 1 aliphatic rings. The van der Waals surface area contributed by atoms with E-state index in [1.54, 1.807) is 10.6 Å². The van der Waals surface area contributed by atoms with Crippen LogP contribution in [0, 0.1) is 0 Å². The smallest absolute Gasteiger partial charge is 0.301 e. The van der Waals surface area contributed by atoms with Gasteiger partial charge in [0.2, 0.25) is 5.78 Å². The highest BCUT2D eigenvalue weighted by molar-refractivity contribution is 5.35. The van der Waals surface area contributed by atoms with Crippen LogP contribution in [0.3, 0.4) is 0 Å². The van der Waals surface area contributed by atoms with Gasteiger partial charge in [-0.1, -0.05) is 0 Å². The van der Waals surface area contributed by atoms with Crippen LogP contribution in [0.15, 0.2) is 18.5 Å². The van der Waals surface area contributed by atoms with Gasteiger partial charge in [-0.15, -0.1) is 0 Å². The molecule has 1 saturated heterocycles. The molecule has 0 atom stereocenters. The minimum atomic E-state index is -4.44. The van der Waals surface area contributed by atoms with Gasteiger partial charge in [0, 0.05) is 30.0 Å². The first-order valence-corrected chi connectivity index (χ1v) is 7.51. The van der Waals surface area contributed by atoms with E-state index in [0.717, 1.165) is 25.9 Å². The zero-order valence-corrected chi connectivity index (χ0v) is 12.6. The highest BCUT2D eigenvalue weighted by Gasteiger charge is 2.35. The Kier molecular flexibility index (Phi) is 3.84. The molecule has 120 valence electrons. The van der Waals surface area contributed by atoms with Crippen molar-refractivity contribution in [2.45, 2.75) is 44.8 Å². The number of imidazole rings is 1. The molecule has 2 aromatic rings. The summed E-state index contributed by atoms with van der Waals surface area (Å²) in [6.07, 6.45) is 0.447. The molecule has 3 rings (SSSR count). The van der Waals surface area contributed by atoms with E-state index in [1.807, 2.05) is 0 Å². The zero-order valence-electron chi connectivity index (χ0n) is 12.6. The van der Waals surface area contributed by atoms with Crippen LogP contribution in [0.5, 0.6) is 0 Å². The van der Waals surface area contributed by atoms with E-state index in [9.17, 15) is 13.2 Å². The van der Waals surface area contributed by atoms with Crippen molar-refractivity contribution in [3.8, 4) is 0 Å². The topological polar surface area (TPSA) is 33.4 Å². The molecule has 0 bridgehead atoms. The summed E-state index contributed by atoms with van der Waals surface area (Å²) in [5.74, 6) is 0.229. The van der Waals surface area contributed by atoms with Crippen molar-refractivity contribution in [3.63, 3.8) is 0 Å². The predicted octanol–water partition coefficient (Wildman–Crippen LogP) is 3.34. The molecule has 0 radical (unpaired) electrons. The summed E-state index contributed by atoms with van der Waals surface area (Å²) in [5, 5.41) is 0. The lowest BCUT2D eigenvalue weighted by atomic mass is 9.92. The van der Waals surface area contributed by atoms with Crippen molar-refractivity contribution < 1.29 is 13.2 Å². The van der Waals surface area contributed by atoms with Crippen molar-refractivity contribution in [1.82, 2.24) is 19.3 Å². The van der Waals surface area contributed by atoms with Gasteiger partial charge in [0.25, 0.3) is 0 Å². The molecular formula is C15H19F3N4. The largest absolute Gasteiger partial charge is 0.433 e. The summed E-state index contributed by atoms with van der Waals surface area (Å²) in [4.78, 5) is 9.91. The molecule has 1 fully saturated rings. The number of rotatable bonds is 2. The molecular weight excluding hydrogens is 293 g/mol. The van der Waals surface area contributed by atoms with Crippen LogP contribution in [0.4, 0.5) is 13.2 Å². The second-order valence-corrected chi connectivity index (χ2v) is 6.07. The van der Waals surface area contributed by atoms with Gasteiger partial charge in [-0.05, 0) is 45.8 Å². The molecule has 0 aliphatic carbocycles. The second-order valence-electron chi connectivity index (χ2n) is 6.07. The van der Waals surface area contributed by atoms with Gasteiger partial charge in [0.15, 0.2) is 0 Å². The molecule has 0 saturated carbocycles. The number of piperidine rings is 1. The fourth-order valence-corrected chi connectivity index (χ4v) is 3.10. The number of likely N-dealkylation sites (tertiary alicyclic amines) is 1. The summed E-state index contributed by atoms with van der Waals surface area (Å²) in [6, 6.07) is 1.65. The van der Waals surface area contributed by atoms with Gasteiger partial charge in [0.1, 0.15) is 5.69 Å². The van der Waals surface area contributed by atoms with E-state index in [2.05, 4.69) is 28.7 Å². The first kappa shape index (κ1) is 15.3. The van der Waals surface area contributed by atoms with E-state index in [1.165, 1.54) is 12.3 Å². The Morgan fingerprint density at radius 1 is 1.23 bits per heavy atom. The maximum absolute atomic E-state index is 13.0. The van der Waals surface area contributed by atoms with Crippen LogP contribution in [0.2, 0.25) is 0 Å². The number of nitrogens with zero attached hydrogens (tertiary/aromatic N) is 4. The summed E-state index contributed by atoms with van der Waals surface area (Å²) in [7, 11) is 0. The van der Waals surface area contributed by atoms with Gasteiger partial charge in [-0.25, -0.2) is 9.97 Å². The number of hydrogen-bond donors (Lipinski definition) is 0. The molecule has 1 aliphatic heterocycles. The average molecular weight is 312 g/mol. The lowest BCUT2D eigenvalue weighted by Gasteiger charge is -2.35. The molecule has 22 heavy (non-hydrogen) atoms.